The lowest BCUT2D eigenvalue weighted by molar-refractivity contribution is -0.207. The highest BCUT2D eigenvalue weighted by atomic mass is 35.5. The van der Waals surface area contributed by atoms with E-state index in [0.29, 0.717) is 17.9 Å². The number of nitriles is 1. The van der Waals surface area contributed by atoms with Crippen LogP contribution < -0.4 is 10.6 Å². The van der Waals surface area contributed by atoms with Gasteiger partial charge in [0, 0.05) is 40.5 Å². The van der Waals surface area contributed by atoms with Crippen LogP contribution in [0, 0.1) is 23.2 Å². The van der Waals surface area contributed by atoms with E-state index in [2.05, 4.69) is 10.6 Å². The van der Waals surface area contributed by atoms with E-state index in [4.69, 9.17) is 23.2 Å². The van der Waals surface area contributed by atoms with Gasteiger partial charge in [0.1, 0.15) is 12.1 Å². The van der Waals surface area contributed by atoms with Gasteiger partial charge in [-0.05, 0) is 43.9 Å². The van der Waals surface area contributed by atoms with Crippen molar-refractivity contribution < 1.29 is 31.9 Å². The number of fused-ring (bicyclic) bond motifs is 3. The number of halogens is 6. The predicted octanol–water partition coefficient (Wildman–Crippen LogP) is 3.63. The second-order valence-corrected chi connectivity index (χ2v) is 10.3. The number of amides is 3. The molecule has 2 N–H and O–H groups in total. The summed E-state index contributed by atoms with van der Waals surface area (Å²) < 4.78 is 60.4. The number of alkyl halides is 4. The molecule has 1 aromatic carbocycles. The largest absolute Gasteiger partial charge is 0.356 e. The molecule has 0 spiro atoms. The van der Waals surface area contributed by atoms with Crippen LogP contribution in [0.15, 0.2) is 18.2 Å². The molecule has 5 rings (SSSR count). The van der Waals surface area contributed by atoms with Crippen molar-refractivity contribution in [2.75, 3.05) is 6.54 Å². The van der Waals surface area contributed by atoms with Crippen LogP contribution in [-0.4, -0.2) is 53.2 Å². The number of rotatable bonds is 6. The van der Waals surface area contributed by atoms with Crippen molar-refractivity contribution in [3.05, 3.63) is 33.8 Å². The molecule has 1 saturated carbocycles. The van der Waals surface area contributed by atoms with Crippen LogP contribution in [0.2, 0.25) is 10.0 Å². The summed E-state index contributed by atoms with van der Waals surface area (Å²) in [6.45, 7) is 0.402. The SMILES string of the molecule is N#C[C@@H](C[C@@H]1CCNC1=O)NC(=O)[C@H]1[C@H]2CC[C@H](CC2(F)F)N1C(=O)C(F)(F)c1cc(Cl)cc(Cl)c1. The van der Waals surface area contributed by atoms with Gasteiger partial charge in [0.15, 0.2) is 0 Å². The normalized spacial score (nSPS) is 27.8. The number of nitrogens with one attached hydrogen (secondary N) is 2. The van der Waals surface area contributed by atoms with Crippen molar-refractivity contribution in [2.45, 2.75) is 62.1 Å². The van der Waals surface area contributed by atoms with Crippen molar-refractivity contribution in [1.82, 2.24) is 15.5 Å². The maximum absolute atomic E-state index is 15.4. The van der Waals surface area contributed by atoms with Crippen LogP contribution in [0.5, 0.6) is 0 Å². The summed E-state index contributed by atoms with van der Waals surface area (Å²) in [5.74, 6) is -13.1. The van der Waals surface area contributed by atoms with E-state index in [1.165, 1.54) is 6.07 Å². The topological polar surface area (TPSA) is 102 Å². The standard InChI is InChI=1S/C23H22Cl2F4N4O3/c24-13-6-12(7-14(25)8-13)23(28,29)21(36)33-16-1-2-17(22(26,27)9-16)18(33)20(35)32-15(10-30)5-11-3-4-31-19(11)34/h6-8,11,15-18H,1-5,9H2,(H,31,34)(H,32,35)/t11-,15+,16+,17+,18+/m0/s1. The molecule has 0 unspecified atom stereocenters. The molecule has 194 valence electrons. The van der Waals surface area contributed by atoms with Gasteiger partial charge in [0.25, 0.3) is 11.8 Å². The zero-order valence-electron chi connectivity index (χ0n) is 18.7. The van der Waals surface area contributed by atoms with Gasteiger partial charge in [-0.25, -0.2) is 8.78 Å². The van der Waals surface area contributed by atoms with Gasteiger partial charge >= 0.3 is 5.92 Å². The fourth-order valence-electron chi connectivity index (χ4n) is 5.38. The summed E-state index contributed by atoms with van der Waals surface area (Å²) in [6, 6.07) is 0.232. The molecule has 0 aromatic heterocycles. The van der Waals surface area contributed by atoms with E-state index in [9.17, 15) is 28.4 Å². The molecule has 2 bridgehead atoms. The van der Waals surface area contributed by atoms with Gasteiger partial charge in [-0.3, -0.25) is 14.4 Å². The molecule has 7 nitrogen and oxygen atoms in total. The average molecular weight is 549 g/mol. The van der Waals surface area contributed by atoms with Crippen LogP contribution in [-0.2, 0) is 20.3 Å². The quantitative estimate of drug-likeness (QED) is 0.530. The lowest BCUT2D eigenvalue weighted by Crippen LogP contribution is -2.70. The molecule has 4 aliphatic rings. The first-order valence-electron chi connectivity index (χ1n) is 11.4. The zero-order chi connectivity index (χ0) is 26.4. The van der Waals surface area contributed by atoms with Crippen LogP contribution in [0.1, 0.15) is 37.7 Å². The molecule has 1 aliphatic carbocycles. The van der Waals surface area contributed by atoms with Crippen molar-refractivity contribution in [3.8, 4) is 6.07 Å². The Bertz CT molecular complexity index is 1110. The molecule has 3 saturated heterocycles. The maximum atomic E-state index is 15.4. The summed E-state index contributed by atoms with van der Waals surface area (Å²) in [4.78, 5) is 38.8. The van der Waals surface area contributed by atoms with Gasteiger partial charge < -0.3 is 15.5 Å². The Hall–Kier alpha value is -2.58. The Balaban J connectivity index is 1.63. The van der Waals surface area contributed by atoms with Gasteiger partial charge in [-0.1, -0.05) is 23.2 Å². The minimum absolute atomic E-state index is 0.0199. The minimum atomic E-state index is -4.21. The Morgan fingerprint density at radius 3 is 2.44 bits per heavy atom. The first-order valence-corrected chi connectivity index (χ1v) is 12.1. The average Bonchev–Trinajstić information content (AvgIpc) is 3.20. The molecule has 3 amide bonds. The number of hydrogen-bond acceptors (Lipinski definition) is 4. The second kappa shape index (κ2) is 9.71. The molecular formula is C23H22Cl2F4N4O3. The number of nitrogens with zero attached hydrogens (tertiary/aromatic N) is 2. The van der Waals surface area contributed by atoms with E-state index in [1.807, 2.05) is 6.07 Å². The lowest BCUT2D eigenvalue weighted by atomic mass is 9.71. The highest BCUT2D eigenvalue weighted by Crippen LogP contribution is 2.50. The number of hydrogen-bond donors (Lipinski definition) is 2. The third-order valence-corrected chi connectivity index (χ3v) is 7.52. The van der Waals surface area contributed by atoms with Crippen molar-refractivity contribution in [3.63, 3.8) is 0 Å². The first kappa shape index (κ1) is 26.5. The van der Waals surface area contributed by atoms with Gasteiger partial charge in [0.05, 0.1) is 12.0 Å². The summed E-state index contributed by atoms with van der Waals surface area (Å²) in [6.07, 6.45) is -0.638. The number of benzene rings is 1. The Kier molecular flexibility index (Phi) is 7.14. The molecule has 3 aliphatic heterocycles. The Labute approximate surface area is 214 Å². The van der Waals surface area contributed by atoms with Crippen molar-refractivity contribution in [1.29, 1.82) is 5.26 Å². The summed E-state index contributed by atoms with van der Waals surface area (Å²) in [7, 11) is 0. The lowest BCUT2D eigenvalue weighted by Gasteiger charge is -2.54. The number of carbonyl (C=O) groups is 3. The molecule has 5 atom stereocenters. The van der Waals surface area contributed by atoms with E-state index < -0.39 is 65.6 Å². The highest BCUT2D eigenvalue weighted by Gasteiger charge is 2.63. The molecular weight excluding hydrogens is 527 g/mol. The fourth-order valence-corrected chi connectivity index (χ4v) is 5.90. The first-order chi connectivity index (χ1) is 16.8. The number of carbonyl (C=O) groups excluding carboxylic acids is 3. The Morgan fingerprint density at radius 1 is 1.22 bits per heavy atom. The smallest absolute Gasteiger partial charge is 0.350 e. The summed E-state index contributed by atoms with van der Waals surface area (Å²) >= 11 is 11.6. The zero-order valence-corrected chi connectivity index (χ0v) is 20.3. The maximum Gasteiger partial charge on any atom is 0.350 e. The fraction of sp³-hybridized carbons (Fsp3) is 0.565. The van der Waals surface area contributed by atoms with Crippen LogP contribution in [0.4, 0.5) is 17.6 Å². The molecule has 36 heavy (non-hydrogen) atoms. The highest BCUT2D eigenvalue weighted by molar-refractivity contribution is 6.34. The summed E-state index contributed by atoms with van der Waals surface area (Å²) in [5, 5.41) is 14.1. The third kappa shape index (κ3) is 4.85. The van der Waals surface area contributed by atoms with E-state index in [0.717, 1.165) is 12.1 Å². The molecule has 1 aromatic rings. The van der Waals surface area contributed by atoms with E-state index >= 15 is 8.78 Å². The van der Waals surface area contributed by atoms with Crippen molar-refractivity contribution >= 4 is 40.9 Å². The van der Waals surface area contributed by atoms with E-state index in [-0.39, 0.29) is 35.2 Å². The van der Waals surface area contributed by atoms with Crippen molar-refractivity contribution in [2.24, 2.45) is 11.8 Å². The molecule has 3 heterocycles. The van der Waals surface area contributed by atoms with Gasteiger partial charge in [-0.15, -0.1) is 0 Å². The minimum Gasteiger partial charge on any atom is -0.356 e. The van der Waals surface area contributed by atoms with Crippen LogP contribution in [0.3, 0.4) is 0 Å². The monoisotopic (exact) mass is 548 g/mol. The van der Waals surface area contributed by atoms with Gasteiger partial charge in [-0.2, -0.15) is 14.0 Å². The third-order valence-electron chi connectivity index (χ3n) is 7.09. The Morgan fingerprint density at radius 2 is 1.89 bits per heavy atom. The molecule has 4 fully saturated rings. The second-order valence-electron chi connectivity index (χ2n) is 9.40. The van der Waals surface area contributed by atoms with Crippen LogP contribution >= 0.6 is 23.2 Å². The predicted molar refractivity (Wildman–Crippen MR) is 120 cm³/mol. The summed E-state index contributed by atoms with van der Waals surface area (Å²) in [5.41, 5.74) is -0.834. The van der Waals surface area contributed by atoms with E-state index in [1.54, 1.807) is 0 Å². The van der Waals surface area contributed by atoms with Crippen LogP contribution in [0.25, 0.3) is 0 Å². The number of piperidine rings is 2. The van der Waals surface area contributed by atoms with Gasteiger partial charge in [0.2, 0.25) is 11.8 Å². The molecule has 13 heteroatoms. The molecule has 0 radical (unpaired) electrons.